The maximum Gasteiger partial charge on any atom is 0.410 e. The van der Waals surface area contributed by atoms with Crippen LogP contribution >= 0.6 is 0 Å². The first-order chi connectivity index (χ1) is 15.7. The first-order valence-corrected chi connectivity index (χ1v) is 11.8. The number of carbonyl (C=O) groups is 2. The van der Waals surface area contributed by atoms with E-state index < -0.39 is 11.6 Å². The molecule has 33 heavy (non-hydrogen) atoms. The van der Waals surface area contributed by atoms with Crippen molar-refractivity contribution in [3.63, 3.8) is 0 Å². The van der Waals surface area contributed by atoms with Crippen LogP contribution in [0.15, 0.2) is 34.9 Å². The Morgan fingerprint density at radius 1 is 1.18 bits per heavy atom. The van der Waals surface area contributed by atoms with Crippen molar-refractivity contribution in [1.29, 1.82) is 0 Å². The fourth-order valence-corrected chi connectivity index (χ4v) is 4.79. The van der Waals surface area contributed by atoms with E-state index in [1.165, 1.54) is 5.56 Å². The lowest BCUT2D eigenvalue weighted by Gasteiger charge is -2.30. The van der Waals surface area contributed by atoms with Crippen molar-refractivity contribution in [2.75, 3.05) is 6.54 Å². The van der Waals surface area contributed by atoms with E-state index in [2.05, 4.69) is 22.3 Å². The second-order valence-electron chi connectivity index (χ2n) is 10.9. The van der Waals surface area contributed by atoms with Gasteiger partial charge < -0.3 is 19.3 Å². The highest BCUT2D eigenvalue weighted by molar-refractivity contribution is 5.71. The van der Waals surface area contributed by atoms with Crippen molar-refractivity contribution in [3.05, 3.63) is 47.6 Å². The second-order valence-corrected chi connectivity index (χ2v) is 10.9. The van der Waals surface area contributed by atoms with Crippen LogP contribution in [0.2, 0.25) is 0 Å². The highest BCUT2D eigenvalue weighted by atomic mass is 16.6. The third-order valence-electron chi connectivity index (χ3n) is 7.09. The first kappa shape index (κ1) is 21.9. The fraction of sp³-hybridized carbons (Fsp3) is 0.600. The summed E-state index contributed by atoms with van der Waals surface area (Å²) < 4.78 is 11.3. The Bertz CT molecular complexity index is 1030. The molecular formula is C25H31N3O5. The Kier molecular flexibility index (Phi) is 5.21. The summed E-state index contributed by atoms with van der Waals surface area (Å²) in [6, 6.07) is 10.4. The average Bonchev–Trinajstić information content (AvgIpc) is 3.62. The standard InChI is InChI=1S/C25H31N3O5/c1-24(2,3)32-23(31)28(19-13-18(19)15-7-5-4-6-8-15)14-25(9-10-25)22-26-20(33-27-22)16-11-17(12-16)21(29)30/h4-8,16-19H,9-14H2,1-3H3,(H,29,30)/t16?,17?,18-,19?/m1/s1. The van der Waals surface area contributed by atoms with Gasteiger partial charge in [0.25, 0.3) is 0 Å². The Labute approximate surface area is 193 Å². The molecule has 8 heteroatoms. The quantitative estimate of drug-likeness (QED) is 0.659. The predicted molar refractivity (Wildman–Crippen MR) is 119 cm³/mol. The minimum Gasteiger partial charge on any atom is -0.481 e. The molecule has 0 saturated heterocycles. The van der Waals surface area contributed by atoms with Crippen molar-refractivity contribution in [3.8, 4) is 0 Å². The summed E-state index contributed by atoms with van der Waals surface area (Å²) in [4.78, 5) is 30.8. The summed E-state index contributed by atoms with van der Waals surface area (Å²) in [6.45, 7) is 6.14. The summed E-state index contributed by atoms with van der Waals surface area (Å²) >= 11 is 0. The molecule has 3 saturated carbocycles. The van der Waals surface area contributed by atoms with E-state index in [-0.39, 0.29) is 29.4 Å². The van der Waals surface area contributed by atoms with Crippen molar-refractivity contribution in [1.82, 2.24) is 15.0 Å². The minimum atomic E-state index is -0.768. The molecule has 3 fully saturated rings. The molecule has 3 aliphatic carbocycles. The number of aliphatic carboxylic acids is 1. The van der Waals surface area contributed by atoms with Gasteiger partial charge in [0, 0.05) is 24.4 Å². The van der Waals surface area contributed by atoms with E-state index in [0.29, 0.717) is 37.0 Å². The molecule has 1 aromatic carbocycles. The van der Waals surface area contributed by atoms with Gasteiger partial charge >= 0.3 is 12.1 Å². The molecule has 0 spiro atoms. The summed E-state index contributed by atoms with van der Waals surface area (Å²) in [5.41, 5.74) is 0.340. The number of carbonyl (C=O) groups excluding carboxylic acids is 1. The lowest BCUT2D eigenvalue weighted by atomic mass is 9.75. The molecule has 1 unspecified atom stereocenters. The predicted octanol–water partition coefficient (Wildman–Crippen LogP) is 4.47. The highest BCUT2D eigenvalue weighted by Gasteiger charge is 2.55. The third-order valence-corrected chi connectivity index (χ3v) is 7.09. The number of carboxylic acid groups (broad SMARTS) is 1. The zero-order valence-electron chi connectivity index (χ0n) is 19.4. The topological polar surface area (TPSA) is 106 Å². The molecule has 2 aromatic rings. The van der Waals surface area contributed by atoms with Crippen LogP contribution in [0.1, 0.15) is 82.0 Å². The van der Waals surface area contributed by atoms with E-state index in [0.717, 1.165) is 19.3 Å². The van der Waals surface area contributed by atoms with Crippen LogP contribution in [0, 0.1) is 5.92 Å². The lowest BCUT2D eigenvalue weighted by molar-refractivity contribution is -0.145. The summed E-state index contributed by atoms with van der Waals surface area (Å²) in [5, 5.41) is 13.4. The summed E-state index contributed by atoms with van der Waals surface area (Å²) in [5.74, 6) is 0.366. The van der Waals surface area contributed by atoms with E-state index in [1.54, 1.807) is 0 Å². The van der Waals surface area contributed by atoms with E-state index in [1.807, 2.05) is 43.9 Å². The number of benzene rings is 1. The minimum absolute atomic E-state index is 0.0102. The van der Waals surface area contributed by atoms with Gasteiger partial charge in [-0.25, -0.2) is 4.79 Å². The van der Waals surface area contributed by atoms with Crippen molar-refractivity contribution in [2.24, 2.45) is 5.92 Å². The van der Waals surface area contributed by atoms with Gasteiger partial charge in [0.05, 0.1) is 11.3 Å². The van der Waals surface area contributed by atoms with Crippen LogP contribution in [-0.2, 0) is 14.9 Å². The zero-order chi connectivity index (χ0) is 23.4. The molecule has 0 bridgehead atoms. The summed E-state index contributed by atoms with van der Waals surface area (Å²) in [6.07, 6.45) is 3.45. The Hall–Kier alpha value is -2.90. The molecular weight excluding hydrogens is 422 g/mol. The molecule has 2 atom stereocenters. The molecule has 1 amide bonds. The first-order valence-electron chi connectivity index (χ1n) is 11.8. The smallest absolute Gasteiger partial charge is 0.410 e. The number of rotatable bonds is 7. The van der Waals surface area contributed by atoms with Gasteiger partial charge in [0.1, 0.15) is 5.60 Å². The molecule has 0 aliphatic heterocycles. The Morgan fingerprint density at radius 3 is 2.48 bits per heavy atom. The van der Waals surface area contributed by atoms with Gasteiger partial charge in [-0.15, -0.1) is 0 Å². The average molecular weight is 454 g/mol. The lowest BCUT2D eigenvalue weighted by Crippen LogP contribution is -2.43. The number of aromatic nitrogens is 2. The molecule has 5 rings (SSSR count). The Balaban J connectivity index is 1.32. The van der Waals surface area contributed by atoms with Gasteiger partial charge in [0.15, 0.2) is 5.82 Å². The molecule has 1 heterocycles. The van der Waals surface area contributed by atoms with Crippen LogP contribution in [0.5, 0.6) is 0 Å². The Morgan fingerprint density at radius 2 is 1.88 bits per heavy atom. The van der Waals surface area contributed by atoms with Gasteiger partial charge in [0.2, 0.25) is 5.89 Å². The number of carboxylic acids is 1. The van der Waals surface area contributed by atoms with Gasteiger partial charge in [-0.2, -0.15) is 4.98 Å². The van der Waals surface area contributed by atoms with E-state index in [9.17, 15) is 9.59 Å². The number of nitrogens with zero attached hydrogens (tertiary/aromatic N) is 3. The van der Waals surface area contributed by atoms with Gasteiger partial charge in [-0.1, -0.05) is 35.5 Å². The zero-order valence-corrected chi connectivity index (χ0v) is 19.4. The third kappa shape index (κ3) is 4.48. The molecule has 3 aliphatic rings. The van der Waals surface area contributed by atoms with Gasteiger partial charge in [-0.05, 0) is 58.4 Å². The number of hydrogen-bond acceptors (Lipinski definition) is 6. The molecule has 1 aromatic heterocycles. The maximum absolute atomic E-state index is 13.2. The SMILES string of the molecule is CC(C)(C)OC(=O)N(CC1(c2noc(C3CC(C(=O)O)C3)n2)CC1)C1C[C@@H]1c1ccccc1. The number of ether oxygens (including phenoxy) is 1. The van der Waals surface area contributed by atoms with Crippen molar-refractivity contribution < 1.29 is 24.0 Å². The van der Waals surface area contributed by atoms with Crippen LogP contribution in [-0.4, -0.2) is 50.4 Å². The number of amides is 1. The molecule has 0 radical (unpaired) electrons. The largest absolute Gasteiger partial charge is 0.481 e. The van der Waals surface area contributed by atoms with Crippen molar-refractivity contribution >= 4 is 12.1 Å². The van der Waals surface area contributed by atoms with E-state index >= 15 is 0 Å². The van der Waals surface area contributed by atoms with E-state index in [4.69, 9.17) is 14.4 Å². The van der Waals surface area contributed by atoms with Crippen LogP contribution in [0.25, 0.3) is 0 Å². The molecule has 176 valence electrons. The fourth-order valence-electron chi connectivity index (χ4n) is 4.79. The van der Waals surface area contributed by atoms with Crippen LogP contribution < -0.4 is 0 Å². The monoisotopic (exact) mass is 453 g/mol. The molecule has 8 nitrogen and oxygen atoms in total. The molecule has 1 N–H and O–H groups in total. The summed E-state index contributed by atoms with van der Waals surface area (Å²) in [7, 11) is 0. The normalized spacial score (nSPS) is 27.4. The van der Waals surface area contributed by atoms with Crippen LogP contribution in [0.4, 0.5) is 4.79 Å². The number of hydrogen-bond donors (Lipinski definition) is 1. The van der Waals surface area contributed by atoms with Crippen molar-refractivity contribution in [2.45, 2.75) is 81.8 Å². The van der Waals surface area contributed by atoms with Gasteiger partial charge in [-0.3, -0.25) is 4.79 Å². The van der Waals surface area contributed by atoms with Crippen LogP contribution in [0.3, 0.4) is 0 Å². The highest BCUT2D eigenvalue weighted by Crippen LogP contribution is 2.52. The second kappa shape index (κ2) is 7.85. The maximum atomic E-state index is 13.2.